The largest absolute Gasteiger partial charge is 0.453 e. The van der Waals surface area contributed by atoms with Gasteiger partial charge in [-0.3, -0.25) is 14.6 Å². The highest BCUT2D eigenvalue weighted by molar-refractivity contribution is 6.33. The standard InChI is InChI=1S/C43H52ClN5O8/c1-25(54-3)38(46-42(52)56-5)40(50)48-19-7-9-36(48)33-21-31(22-34(33)44)29-15-11-27(12-16-29)28-13-17-30(18-14-28)32-23-35(45-24-32)37-10-8-20-49(37)41(51)39(26(2)55-4)47-43(53)57-6/h11-18,22,24-26,36-39H,7-10,19-21,23H2,1-6H3,(H,46,52)(H,47,53)/t25-,26-,36+,37+,38+,39+/m1/s1. The average Bonchev–Trinajstić information content (AvgIpc) is 4.08. The second kappa shape index (κ2) is 18.5. The maximum absolute atomic E-state index is 13.7. The zero-order valence-electron chi connectivity index (χ0n) is 33.4. The molecule has 2 N–H and O–H groups in total. The number of allylic oxidation sites excluding steroid dienone is 4. The average molecular weight is 802 g/mol. The molecule has 57 heavy (non-hydrogen) atoms. The molecule has 0 bridgehead atoms. The Balaban J connectivity index is 1.06. The van der Waals surface area contributed by atoms with E-state index in [9.17, 15) is 19.2 Å². The lowest BCUT2D eigenvalue weighted by Crippen LogP contribution is -2.56. The third-order valence-corrected chi connectivity index (χ3v) is 11.9. The Morgan fingerprint density at radius 1 is 0.684 bits per heavy atom. The summed E-state index contributed by atoms with van der Waals surface area (Å²) in [6, 6.07) is 14.7. The number of benzene rings is 2. The van der Waals surface area contributed by atoms with Crippen LogP contribution in [-0.2, 0) is 28.5 Å². The maximum Gasteiger partial charge on any atom is 0.407 e. The second-order valence-electron chi connectivity index (χ2n) is 14.8. The van der Waals surface area contributed by atoms with Crippen molar-refractivity contribution >= 4 is 52.5 Å². The zero-order valence-corrected chi connectivity index (χ0v) is 34.1. The highest BCUT2D eigenvalue weighted by Gasteiger charge is 2.41. The maximum atomic E-state index is 13.7. The summed E-state index contributed by atoms with van der Waals surface area (Å²) in [6.45, 7) is 4.63. The van der Waals surface area contributed by atoms with Crippen molar-refractivity contribution in [2.24, 2.45) is 4.99 Å². The molecular weight excluding hydrogens is 750 g/mol. The van der Waals surface area contributed by atoms with Crippen LogP contribution in [0.25, 0.3) is 22.3 Å². The predicted molar refractivity (Wildman–Crippen MR) is 218 cm³/mol. The molecule has 4 amide bonds. The molecule has 2 fully saturated rings. The summed E-state index contributed by atoms with van der Waals surface area (Å²) in [5, 5.41) is 5.93. The highest BCUT2D eigenvalue weighted by Crippen LogP contribution is 2.41. The molecule has 2 aromatic carbocycles. The molecule has 14 heteroatoms. The summed E-state index contributed by atoms with van der Waals surface area (Å²) < 4.78 is 20.4. The first kappa shape index (κ1) is 41.6. The van der Waals surface area contributed by atoms with Crippen molar-refractivity contribution < 1.29 is 38.1 Å². The summed E-state index contributed by atoms with van der Waals surface area (Å²) in [6.07, 6.45) is 5.96. The Bertz CT molecular complexity index is 1960. The Morgan fingerprint density at radius 3 is 1.63 bits per heavy atom. The van der Waals surface area contributed by atoms with Gasteiger partial charge in [-0.05, 0) is 91.0 Å². The van der Waals surface area contributed by atoms with E-state index in [-0.39, 0.29) is 23.9 Å². The quantitative estimate of drug-likeness (QED) is 0.239. The first-order valence-electron chi connectivity index (χ1n) is 19.4. The monoisotopic (exact) mass is 801 g/mol. The van der Waals surface area contributed by atoms with Gasteiger partial charge in [0.1, 0.15) is 12.1 Å². The molecule has 0 saturated carbocycles. The van der Waals surface area contributed by atoms with Crippen LogP contribution in [0.1, 0.15) is 63.5 Å². The Labute approximate surface area is 339 Å². The van der Waals surface area contributed by atoms with E-state index in [1.807, 2.05) is 22.1 Å². The van der Waals surface area contributed by atoms with Crippen molar-refractivity contribution in [3.05, 3.63) is 82.5 Å². The molecule has 0 unspecified atom stereocenters. The number of halogens is 1. The molecule has 6 atom stereocenters. The van der Waals surface area contributed by atoms with E-state index in [4.69, 9.17) is 35.5 Å². The van der Waals surface area contributed by atoms with Crippen LogP contribution in [-0.4, -0.2) is 117 Å². The number of carbonyl (C=O) groups is 4. The van der Waals surface area contributed by atoms with Crippen molar-refractivity contribution in [1.29, 1.82) is 0 Å². The highest BCUT2D eigenvalue weighted by atomic mass is 35.5. The van der Waals surface area contributed by atoms with E-state index in [1.54, 1.807) is 13.8 Å². The van der Waals surface area contributed by atoms with Crippen molar-refractivity contribution in [3.63, 3.8) is 0 Å². The van der Waals surface area contributed by atoms with Crippen LogP contribution in [0.5, 0.6) is 0 Å². The molecule has 13 nitrogen and oxygen atoms in total. The van der Waals surface area contributed by atoms with E-state index in [0.29, 0.717) is 31.0 Å². The zero-order chi connectivity index (χ0) is 40.8. The van der Waals surface area contributed by atoms with Gasteiger partial charge in [0.15, 0.2) is 0 Å². The lowest BCUT2D eigenvalue weighted by atomic mass is 9.94. The topological polar surface area (TPSA) is 148 Å². The normalized spacial score (nSPS) is 21.4. The number of amides is 4. The van der Waals surface area contributed by atoms with Gasteiger partial charge in [-0.1, -0.05) is 60.1 Å². The minimum absolute atomic E-state index is 0.154. The Morgan fingerprint density at radius 2 is 1.14 bits per heavy atom. The number of likely N-dealkylation sites (tertiary alicyclic amines) is 2. The van der Waals surface area contributed by atoms with Crippen LogP contribution >= 0.6 is 11.6 Å². The first-order chi connectivity index (χ1) is 27.5. The van der Waals surface area contributed by atoms with E-state index in [2.05, 4.69) is 59.2 Å². The number of hydrogen-bond acceptors (Lipinski definition) is 9. The minimum Gasteiger partial charge on any atom is -0.453 e. The van der Waals surface area contributed by atoms with Crippen LogP contribution in [0.4, 0.5) is 9.59 Å². The minimum atomic E-state index is -0.887. The molecule has 0 radical (unpaired) electrons. The summed E-state index contributed by atoms with van der Waals surface area (Å²) in [4.78, 5) is 59.8. The Hall–Kier alpha value is -4.98. The van der Waals surface area contributed by atoms with Crippen LogP contribution in [0.3, 0.4) is 0 Å². The third-order valence-electron chi connectivity index (χ3n) is 11.6. The van der Waals surface area contributed by atoms with E-state index in [0.717, 1.165) is 70.4 Å². The van der Waals surface area contributed by atoms with Gasteiger partial charge in [0.2, 0.25) is 11.8 Å². The van der Waals surface area contributed by atoms with Gasteiger partial charge in [0.05, 0.1) is 38.5 Å². The number of nitrogens with zero attached hydrogens (tertiary/aromatic N) is 3. The summed E-state index contributed by atoms with van der Waals surface area (Å²) in [5.74, 6) is -0.433. The number of aliphatic imine (C=N–C) groups is 1. The van der Waals surface area contributed by atoms with Crippen LogP contribution in [0, 0.1) is 0 Å². The van der Waals surface area contributed by atoms with Crippen molar-refractivity contribution in [2.45, 2.75) is 88.7 Å². The van der Waals surface area contributed by atoms with Gasteiger partial charge in [-0.2, -0.15) is 0 Å². The van der Waals surface area contributed by atoms with E-state index >= 15 is 0 Å². The van der Waals surface area contributed by atoms with Crippen molar-refractivity contribution in [1.82, 2.24) is 20.4 Å². The smallest absolute Gasteiger partial charge is 0.407 e. The van der Waals surface area contributed by atoms with Gasteiger partial charge in [-0.15, -0.1) is 0 Å². The Kier molecular flexibility index (Phi) is 13.5. The fourth-order valence-electron chi connectivity index (χ4n) is 8.16. The van der Waals surface area contributed by atoms with Crippen LogP contribution < -0.4 is 10.6 Å². The van der Waals surface area contributed by atoms with E-state index < -0.39 is 36.5 Å². The SMILES string of the molecule is COC(=O)N[C@H](C(=O)N1CCC[C@H]1C1=NC=C(c2ccc(-c3ccc(C4=CC(Cl)=C([C@@H]5CCCN5C(=O)[C@@H](NC(=O)OC)[C@@H](C)OC)C4)cc3)cc2)C1)[C@@H](C)OC. The molecule has 304 valence electrons. The molecule has 6 rings (SSSR count). The third kappa shape index (κ3) is 9.11. The van der Waals surface area contributed by atoms with Crippen LogP contribution in [0.15, 0.2) is 76.4 Å². The van der Waals surface area contributed by atoms with E-state index in [1.165, 1.54) is 28.4 Å². The molecular formula is C43H52ClN5O8. The molecule has 3 heterocycles. The molecule has 4 aliphatic rings. The van der Waals surface area contributed by atoms with Crippen LogP contribution in [0.2, 0.25) is 0 Å². The van der Waals surface area contributed by atoms with Gasteiger partial charge in [0, 0.05) is 50.7 Å². The molecule has 2 saturated heterocycles. The van der Waals surface area contributed by atoms with Crippen molar-refractivity contribution in [2.75, 3.05) is 41.5 Å². The van der Waals surface area contributed by atoms with Gasteiger partial charge in [-0.25, -0.2) is 9.59 Å². The lowest BCUT2D eigenvalue weighted by molar-refractivity contribution is -0.137. The van der Waals surface area contributed by atoms with Crippen molar-refractivity contribution in [3.8, 4) is 11.1 Å². The number of alkyl carbamates (subject to hydrolysis) is 2. The molecule has 0 aromatic heterocycles. The van der Waals surface area contributed by atoms with Gasteiger partial charge < -0.3 is 39.4 Å². The fraction of sp³-hybridized carbons (Fsp3) is 0.465. The second-order valence-corrected chi connectivity index (χ2v) is 15.2. The van der Waals surface area contributed by atoms with Gasteiger partial charge >= 0.3 is 12.2 Å². The van der Waals surface area contributed by atoms with Gasteiger partial charge in [0.25, 0.3) is 0 Å². The number of nitrogens with one attached hydrogen (secondary N) is 2. The molecule has 1 aliphatic carbocycles. The lowest BCUT2D eigenvalue weighted by Gasteiger charge is -2.32. The molecule has 2 aromatic rings. The number of ether oxygens (including phenoxy) is 4. The number of carbonyl (C=O) groups excluding carboxylic acids is 4. The summed E-state index contributed by atoms with van der Waals surface area (Å²) in [7, 11) is 5.54. The summed E-state index contributed by atoms with van der Waals surface area (Å²) in [5.41, 5.74) is 8.37. The first-order valence-corrected chi connectivity index (χ1v) is 19.8. The summed E-state index contributed by atoms with van der Waals surface area (Å²) >= 11 is 6.86. The number of hydrogen-bond donors (Lipinski definition) is 2. The molecule has 3 aliphatic heterocycles. The fourth-order valence-corrected chi connectivity index (χ4v) is 8.49. The number of methoxy groups -OCH3 is 4. The molecule has 0 spiro atoms. The number of rotatable bonds is 13. The predicted octanol–water partition coefficient (Wildman–Crippen LogP) is 6.32.